The third-order valence-electron chi connectivity index (χ3n) is 3.26. The molecule has 2 atom stereocenters. The third kappa shape index (κ3) is 3.08. The lowest BCUT2D eigenvalue weighted by Crippen LogP contribution is -2.39. The monoisotopic (exact) mass is 364 g/mol. The molecular weight excluding hydrogens is 348 g/mol. The molecule has 0 aliphatic carbocycles. The minimum absolute atomic E-state index is 0.0276. The van der Waals surface area contributed by atoms with E-state index in [1.807, 2.05) is 6.92 Å². The largest absolute Gasteiger partial charge is 0.495 e. The van der Waals surface area contributed by atoms with Crippen molar-refractivity contribution in [1.82, 2.24) is 4.72 Å². The van der Waals surface area contributed by atoms with Gasteiger partial charge in [0.15, 0.2) is 0 Å². The van der Waals surface area contributed by atoms with E-state index >= 15 is 0 Å². The smallest absolute Gasteiger partial charge is 0.244 e. The summed E-state index contributed by atoms with van der Waals surface area (Å²) < 4.78 is 38.6. The Morgan fingerprint density at radius 2 is 2.20 bits per heavy atom. The number of halogens is 1. The second-order valence-corrected chi connectivity index (χ2v) is 7.15. The van der Waals surface area contributed by atoms with E-state index in [9.17, 15) is 8.42 Å². The molecule has 1 aliphatic heterocycles. The zero-order chi connectivity index (χ0) is 14.9. The number of benzene rings is 1. The maximum Gasteiger partial charge on any atom is 0.244 e. The zero-order valence-electron chi connectivity index (χ0n) is 11.2. The molecular formula is C12H17BrN2O4S. The Kier molecular flexibility index (Phi) is 4.58. The highest BCUT2D eigenvalue weighted by atomic mass is 79.9. The molecule has 2 rings (SSSR count). The molecule has 2 unspecified atom stereocenters. The fraction of sp³-hybridized carbons (Fsp3) is 0.500. The lowest BCUT2D eigenvalue weighted by atomic mass is 10.2. The average molecular weight is 365 g/mol. The first kappa shape index (κ1) is 15.6. The maximum atomic E-state index is 12.5. The Hall–Kier alpha value is -0.830. The van der Waals surface area contributed by atoms with Gasteiger partial charge in [0.25, 0.3) is 0 Å². The van der Waals surface area contributed by atoms with Crippen LogP contribution >= 0.6 is 15.9 Å². The summed E-state index contributed by atoms with van der Waals surface area (Å²) in [5.74, 6) is 0.241. The zero-order valence-corrected chi connectivity index (χ0v) is 13.6. The number of rotatable bonds is 4. The highest BCUT2D eigenvalue weighted by molar-refractivity contribution is 9.10. The minimum atomic E-state index is -3.71. The van der Waals surface area contributed by atoms with Crippen LogP contribution in [0.3, 0.4) is 0 Å². The molecule has 0 saturated carbocycles. The summed E-state index contributed by atoms with van der Waals surface area (Å²) >= 11 is 3.25. The van der Waals surface area contributed by atoms with Crippen molar-refractivity contribution in [1.29, 1.82) is 0 Å². The summed E-state index contributed by atoms with van der Waals surface area (Å²) in [7, 11) is -2.30. The maximum absolute atomic E-state index is 12.5. The molecule has 0 aromatic heterocycles. The van der Waals surface area contributed by atoms with E-state index in [2.05, 4.69) is 20.7 Å². The van der Waals surface area contributed by atoms with Crippen molar-refractivity contribution < 1.29 is 17.9 Å². The number of ether oxygens (including phenoxy) is 2. The van der Waals surface area contributed by atoms with Gasteiger partial charge >= 0.3 is 0 Å². The number of hydrogen-bond donors (Lipinski definition) is 2. The van der Waals surface area contributed by atoms with Crippen LogP contribution in [0.25, 0.3) is 0 Å². The van der Waals surface area contributed by atoms with Crippen molar-refractivity contribution in [3.05, 3.63) is 16.6 Å². The van der Waals surface area contributed by atoms with Gasteiger partial charge in [-0.1, -0.05) is 0 Å². The Morgan fingerprint density at radius 1 is 1.50 bits per heavy atom. The summed E-state index contributed by atoms with van der Waals surface area (Å²) in [5.41, 5.74) is 6.09. The molecule has 6 nitrogen and oxygen atoms in total. The molecule has 0 amide bonds. The molecule has 1 aromatic carbocycles. The first-order chi connectivity index (χ1) is 9.35. The van der Waals surface area contributed by atoms with Crippen molar-refractivity contribution in [2.45, 2.75) is 30.4 Å². The molecule has 112 valence electrons. The first-order valence-electron chi connectivity index (χ1n) is 6.12. The van der Waals surface area contributed by atoms with Gasteiger partial charge in [0, 0.05) is 16.8 Å². The van der Waals surface area contributed by atoms with E-state index in [0.29, 0.717) is 23.2 Å². The van der Waals surface area contributed by atoms with Crippen LogP contribution in [-0.4, -0.2) is 34.3 Å². The van der Waals surface area contributed by atoms with Crippen molar-refractivity contribution in [2.75, 3.05) is 19.5 Å². The summed E-state index contributed by atoms with van der Waals surface area (Å²) in [5, 5.41) is 0. The first-order valence-corrected chi connectivity index (χ1v) is 8.39. The van der Waals surface area contributed by atoms with Crippen LogP contribution in [-0.2, 0) is 14.8 Å². The SMILES string of the molecule is COc1cc(Br)c(N)cc1S(=O)(=O)NC1CCOC1C. The molecule has 0 radical (unpaired) electrons. The summed E-state index contributed by atoms with van der Waals surface area (Å²) in [4.78, 5) is 0.0276. The van der Waals surface area contributed by atoms with E-state index in [-0.39, 0.29) is 22.8 Å². The normalized spacial score (nSPS) is 22.9. The van der Waals surface area contributed by atoms with E-state index in [1.165, 1.54) is 13.2 Å². The van der Waals surface area contributed by atoms with Crippen molar-refractivity contribution in [3.63, 3.8) is 0 Å². The van der Waals surface area contributed by atoms with Crippen LogP contribution in [0.5, 0.6) is 5.75 Å². The topological polar surface area (TPSA) is 90.7 Å². The van der Waals surface area contributed by atoms with E-state index in [1.54, 1.807) is 6.07 Å². The van der Waals surface area contributed by atoms with Crippen LogP contribution < -0.4 is 15.2 Å². The highest BCUT2D eigenvalue weighted by Crippen LogP contribution is 2.32. The molecule has 1 aliphatic rings. The molecule has 8 heteroatoms. The van der Waals surface area contributed by atoms with Gasteiger partial charge in [-0.2, -0.15) is 0 Å². The Labute approximate surface area is 126 Å². The molecule has 1 saturated heterocycles. The Balaban J connectivity index is 2.36. The van der Waals surface area contributed by atoms with Gasteiger partial charge in [-0.25, -0.2) is 13.1 Å². The number of anilines is 1. The molecule has 1 fully saturated rings. The minimum Gasteiger partial charge on any atom is -0.495 e. The Bertz CT molecular complexity index is 606. The number of nitrogens with one attached hydrogen (secondary N) is 1. The predicted octanol–water partition coefficient (Wildman–Crippen LogP) is 1.50. The van der Waals surface area contributed by atoms with Gasteiger partial charge in [-0.3, -0.25) is 0 Å². The number of nitrogen functional groups attached to an aromatic ring is 1. The van der Waals surface area contributed by atoms with E-state index in [0.717, 1.165) is 0 Å². The highest BCUT2D eigenvalue weighted by Gasteiger charge is 2.31. The van der Waals surface area contributed by atoms with Crippen molar-refractivity contribution >= 4 is 31.6 Å². The van der Waals surface area contributed by atoms with E-state index in [4.69, 9.17) is 15.2 Å². The molecule has 0 bridgehead atoms. The molecule has 1 aromatic rings. The number of sulfonamides is 1. The summed E-state index contributed by atoms with van der Waals surface area (Å²) in [6.07, 6.45) is 0.498. The van der Waals surface area contributed by atoms with Crippen molar-refractivity contribution in [3.8, 4) is 5.75 Å². The van der Waals surface area contributed by atoms with Gasteiger partial charge in [0.2, 0.25) is 10.0 Å². The van der Waals surface area contributed by atoms with Gasteiger partial charge in [-0.05, 0) is 41.4 Å². The number of nitrogens with two attached hydrogens (primary N) is 1. The molecule has 0 spiro atoms. The van der Waals surface area contributed by atoms with Crippen molar-refractivity contribution in [2.24, 2.45) is 0 Å². The van der Waals surface area contributed by atoms with Crippen LogP contribution in [0.1, 0.15) is 13.3 Å². The van der Waals surface area contributed by atoms with Gasteiger partial charge in [0.05, 0.1) is 19.3 Å². The lowest BCUT2D eigenvalue weighted by molar-refractivity contribution is 0.117. The fourth-order valence-corrected chi connectivity index (χ4v) is 3.92. The quantitative estimate of drug-likeness (QED) is 0.789. The number of hydrogen-bond acceptors (Lipinski definition) is 5. The van der Waals surface area contributed by atoms with Crippen LogP contribution in [0.4, 0.5) is 5.69 Å². The molecule has 3 N–H and O–H groups in total. The summed E-state index contributed by atoms with van der Waals surface area (Å²) in [6, 6.07) is 2.68. The Morgan fingerprint density at radius 3 is 2.75 bits per heavy atom. The second kappa shape index (κ2) is 5.88. The van der Waals surface area contributed by atoms with Crippen LogP contribution in [0, 0.1) is 0 Å². The average Bonchev–Trinajstić information content (AvgIpc) is 2.77. The van der Waals surface area contributed by atoms with Crippen LogP contribution in [0.15, 0.2) is 21.5 Å². The molecule has 1 heterocycles. The van der Waals surface area contributed by atoms with Gasteiger partial charge in [0.1, 0.15) is 10.6 Å². The second-order valence-electron chi connectivity index (χ2n) is 4.62. The predicted molar refractivity (Wildman–Crippen MR) is 79.2 cm³/mol. The standard InChI is InChI=1S/C12H17BrN2O4S/c1-7-10(3-4-19-7)15-20(16,17)12-6-9(14)8(13)5-11(12)18-2/h5-7,10,15H,3-4,14H2,1-2H3. The van der Waals surface area contributed by atoms with E-state index < -0.39 is 10.0 Å². The molecule has 20 heavy (non-hydrogen) atoms. The number of methoxy groups -OCH3 is 1. The third-order valence-corrected chi connectivity index (χ3v) is 5.45. The summed E-state index contributed by atoms with van der Waals surface area (Å²) in [6.45, 7) is 2.39. The lowest BCUT2D eigenvalue weighted by Gasteiger charge is -2.18. The van der Waals surface area contributed by atoms with Gasteiger partial charge in [-0.15, -0.1) is 0 Å². The van der Waals surface area contributed by atoms with Gasteiger partial charge < -0.3 is 15.2 Å². The fourth-order valence-electron chi connectivity index (χ4n) is 2.07. The van der Waals surface area contributed by atoms with Crippen LogP contribution in [0.2, 0.25) is 0 Å².